The number of hydrogen-bond acceptors (Lipinski definition) is 6. The minimum Gasteiger partial charge on any atom is -0.478 e. The summed E-state index contributed by atoms with van der Waals surface area (Å²) in [7, 11) is 0. The highest BCUT2D eigenvalue weighted by Gasteiger charge is 2.16. The molecule has 0 fully saturated rings. The molecule has 0 unspecified atom stereocenters. The Hall–Kier alpha value is -2.90. The van der Waals surface area contributed by atoms with E-state index in [-0.39, 0.29) is 23.5 Å². The van der Waals surface area contributed by atoms with Gasteiger partial charge in [0, 0.05) is 12.1 Å². The molecule has 20 heavy (non-hydrogen) atoms. The Labute approximate surface area is 113 Å². The molecule has 1 heterocycles. The molecule has 0 radical (unpaired) electrons. The van der Waals surface area contributed by atoms with Crippen molar-refractivity contribution in [2.24, 2.45) is 0 Å². The number of carbonyl (C=O) groups is 1. The predicted molar refractivity (Wildman–Crippen MR) is 68.6 cm³/mol. The lowest BCUT2D eigenvalue weighted by Gasteiger charge is -2.06. The van der Waals surface area contributed by atoms with Crippen molar-refractivity contribution in [3.8, 4) is 0 Å². The number of aromatic carboxylic acids is 1. The molecule has 0 saturated carbocycles. The van der Waals surface area contributed by atoms with Crippen LogP contribution in [-0.2, 0) is 6.54 Å². The van der Waals surface area contributed by atoms with Gasteiger partial charge in [0.05, 0.1) is 22.7 Å². The number of nitro groups is 1. The van der Waals surface area contributed by atoms with Crippen molar-refractivity contribution >= 4 is 17.3 Å². The Kier molecular flexibility index (Phi) is 3.65. The second-order valence-electron chi connectivity index (χ2n) is 4.08. The normalized spacial score (nSPS) is 10.2. The molecule has 104 valence electrons. The van der Waals surface area contributed by atoms with Crippen LogP contribution in [0.1, 0.15) is 21.8 Å². The van der Waals surface area contributed by atoms with E-state index in [1.165, 1.54) is 12.1 Å². The van der Waals surface area contributed by atoms with Crippen molar-refractivity contribution < 1.29 is 19.3 Å². The second kappa shape index (κ2) is 5.39. The van der Waals surface area contributed by atoms with Crippen molar-refractivity contribution in [3.05, 3.63) is 51.4 Å². The first kappa shape index (κ1) is 13.5. The van der Waals surface area contributed by atoms with Gasteiger partial charge in [0.1, 0.15) is 5.69 Å². The molecule has 0 aliphatic heterocycles. The third kappa shape index (κ3) is 2.91. The van der Waals surface area contributed by atoms with Crippen LogP contribution in [0.2, 0.25) is 0 Å². The van der Waals surface area contributed by atoms with Gasteiger partial charge in [0.2, 0.25) is 0 Å². The van der Waals surface area contributed by atoms with Crippen molar-refractivity contribution in [3.63, 3.8) is 0 Å². The van der Waals surface area contributed by atoms with Crippen molar-refractivity contribution in [2.45, 2.75) is 13.5 Å². The Bertz CT molecular complexity index is 665. The summed E-state index contributed by atoms with van der Waals surface area (Å²) in [5.74, 6) is -0.656. The van der Waals surface area contributed by atoms with Gasteiger partial charge < -0.3 is 14.9 Å². The van der Waals surface area contributed by atoms with Crippen LogP contribution in [0, 0.1) is 17.0 Å². The van der Waals surface area contributed by atoms with E-state index in [0.717, 1.165) is 6.07 Å². The first-order valence-corrected chi connectivity index (χ1v) is 5.65. The number of nitrogens with one attached hydrogen (secondary N) is 1. The number of anilines is 1. The maximum Gasteiger partial charge on any atom is 0.335 e. The second-order valence-corrected chi connectivity index (χ2v) is 4.08. The minimum atomic E-state index is -1.15. The molecule has 0 aliphatic rings. The van der Waals surface area contributed by atoms with Crippen LogP contribution in [-0.4, -0.2) is 21.2 Å². The van der Waals surface area contributed by atoms with Crippen molar-refractivity contribution in [1.82, 2.24) is 5.16 Å². The Morgan fingerprint density at radius 2 is 2.25 bits per heavy atom. The maximum absolute atomic E-state index is 10.9. The number of aryl methyl sites for hydroxylation is 1. The van der Waals surface area contributed by atoms with Gasteiger partial charge in [-0.25, -0.2) is 4.79 Å². The van der Waals surface area contributed by atoms with Crippen LogP contribution in [0.4, 0.5) is 11.4 Å². The molecule has 2 rings (SSSR count). The number of nitrogens with zero attached hydrogens (tertiary/aromatic N) is 2. The van der Waals surface area contributed by atoms with E-state index >= 15 is 0 Å². The fourth-order valence-electron chi connectivity index (χ4n) is 1.65. The molecule has 0 aliphatic carbocycles. The number of aromatic nitrogens is 1. The fourth-order valence-corrected chi connectivity index (χ4v) is 1.65. The number of nitro benzene ring substituents is 1. The number of hydrogen-bond donors (Lipinski definition) is 2. The lowest BCUT2D eigenvalue weighted by molar-refractivity contribution is -0.384. The van der Waals surface area contributed by atoms with Crippen LogP contribution in [0.25, 0.3) is 0 Å². The largest absolute Gasteiger partial charge is 0.478 e. The van der Waals surface area contributed by atoms with Crippen LogP contribution in [0.15, 0.2) is 28.8 Å². The van der Waals surface area contributed by atoms with Crippen LogP contribution >= 0.6 is 0 Å². The number of carboxylic acids is 1. The smallest absolute Gasteiger partial charge is 0.335 e. The zero-order valence-corrected chi connectivity index (χ0v) is 10.5. The molecule has 0 amide bonds. The van der Waals surface area contributed by atoms with E-state index in [2.05, 4.69) is 10.5 Å². The SMILES string of the molecule is Cc1cc(CNc2cc(C(=O)O)ccc2[N+](=O)[O-])on1. The summed E-state index contributed by atoms with van der Waals surface area (Å²) in [6.45, 7) is 1.92. The van der Waals surface area contributed by atoms with E-state index in [1.807, 2.05) is 0 Å². The van der Waals surface area contributed by atoms with Gasteiger partial charge in [-0.2, -0.15) is 0 Å². The average Bonchev–Trinajstić information content (AvgIpc) is 2.81. The summed E-state index contributed by atoms with van der Waals surface area (Å²) in [6.07, 6.45) is 0. The van der Waals surface area contributed by atoms with E-state index in [4.69, 9.17) is 9.63 Å². The van der Waals surface area contributed by atoms with Gasteiger partial charge in [0.25, 0.3) is 5.69 Å². The number of rotatable bonds is 5. The number of benzene rings is 1. The van der Waals surface area contributed by atoms with Gasteiger partial charge in [-0.1, -0.05) is 5.16 Å². The van der Waals surface area contributed by atoms with Gasteiger partial charge in [-0.05, 0) is 19.1 Å². The molecular weight excluding hydrogens is 266 g/mol. The summed E-state index contributed by atoms with van der Waals surface area (Å²) in [5.41, 5.74) is 0.567. The van der Waals surface area contributed by atoms with E-state index in [9.17, 15) is 14.9 Å². The zero-order valence-electron chi connectivity index (χ0n) is 10.5. The van der Waals surface area contributed by atoms with Gasteiger partial charge in [0.15, 0.2) is 5.76 Å². The van der Waals surface area contributed by atoms with Crippen LogP contribution in [0.3, 0.4) is 0 Å². The summed E-state index contributed by atoms with van der Waals surface area (Å²) < 4.78 is 4.97. The molecular formula is C12H11N3O5. The molecule has 8 heteroatoms. The van der Waals surface area contributed by atoms with Crippen LogP contribution in [0.5, 0.6) is 0 Å². The molecule has 1 aromatic heterocycles. The lowest BCUT2D eigenvalue weighted by Crippen LogP contribution is -2.04. The van der Waals surface area contributed by atoms with E-state index < -0.39 is 10.9 Å². The molecule has 0 saturated heterocycles. The fraction of sp³-hybridized carbons (Fsp3) is 0.167. The molecule has 2 aromatic rings. The molecule has 1 aromatic carbocycles. The summed E-state index contributed by atoms with van der Waals surface area (Å²) in [4.78, 5) is 21.2. The zero-order chi connectivity index (χ0) is 14.7. The van der Waals surface area contributed by atoms with Gasteiger partial charge in [-0.3, -0.25) is 10.1 Å². The topological polar surface area (TPSA) is 118 Å². The first-order valence-electron chi connectivity index (χ1n) is 5.65. The van der Waals surface area contributed by atoms with Gasteiger partial charge in [-0.15, -0.1) is 0 Å². The van der Waals surface area contributed by atoms with E-state index in [1.54, 1.807) is 13.0 Å². The van der Waals surface area contributed by atoms with E-state index in [0.29, 0.717) is 11.5 Å². The molecule has 0 bridgehead atoms. The predicted octanol–water partition coefficient (Wildman–Crippen LogP) is 2.20. The Balaban J connectivity index is 2.25. The molecule has 0 spiro atoms. The monoisotopic (exact) mass is 277 g/mol. The van der Waals surface area contributed by atoms with Gasteiger partial charge >= 0.3 is 5.97 Å². The quantitative estimate of drug-likeness (QED) is 0.635. The van der Waals surface area contributed by atoms with Crippen molar-refractivity contribution in [1.29, 1.82) is 0 Å². The highest BCUT2D eigenvalue weighted by molar-refractivity contribution is 5.90. The lowest BCUT2D eigenvalue weighted by atomic mass is 10.1. The Morgan fingerprint density at radius 3 is 2.80 bits per heavy atom. The maximum atomic E-state index is 10.9. The third-order valence-electron chi connectivity index (χ3n) is 2.57. The third-order valence-corrected chi connectivity index (χ3v) is 2.57. The first-order chi connectivity index (χ1) is 9.47. The summed E-state index contributed by atoms with van der Waals surface area (Å²) in [6, 6.07) is 5.23. The minimum absolute atomic E-state index is 0.0353. The Morgan fingerprint density at radius 1 is 1.50 bits per heavy atom. The molecule has 8 nitrogen and oxygen atoms in total. The van der Waals surface area contributed by atoms with Crippen LogP contribution < -0.4 is 5.32 Å². The standard InChI is InChI=1S/C12H11N3O5/c1-7-4-9(20-14-7)6-13-10-5-8(12(16)17)2-3-11(10)15(18)19/h2-5,13H,6H2,1H3,(H,16,17). The summed E-state index contributed by atoms with van der Waals surface area (Å²) >= 11 is 0. The highest BCUT2D eigenvalue weighted by Crippen LogP contribution is 2.26. The average molecular weight is 277 g/mol. The molecule has 2 N–H and O–H groups in total. The molecule has 0 atom stereocenters. The highest BCUT2D eigenvalue weighted by atomic mass is 16.6. The van der Waals surface area contributed by atoms with Crippen molar-refractivity contribution in [2.75, 3.05) is 5.32 Å². The number of carboxylic acid groups (broad SMARTS) is 1. The summed E-state index contributed by atoms with van der Waals surface area (Å²) in [5, 5.41) is 26.3.